The van der Waals surface area contributed by atoms with E-state index in [4.69, 9.17) is 5.73 Å². The molecule has 3 rings (SSSR count). The second kappa shape index (κ2) is 3.84. The van der Waals surface area contributed by atoms with Crippen molar-refractivity contribution in [2.24, 2.45) is 7.05 Å². The molecule has 0 aliphatic rings. The van der Waals surface area contributed by atoms with Crippen molar-refractivity contribution in [1.82, 2.24) is 14.8 Å². The van der Waals surface area contributed by atoms with Crippen LogP contribution >= 0.6 is 0 Å². The highest BCUT2D eigenvalue weighted by atomic mass is 15.3. The van der Waals surface area contributed by atoms with Crippen LogP contribution in [0.15, 0.2) is 36.5 Å². The minimum Gasteiger partial charge on any atom is -0.398 e. The fourth-order valence-electron chi connectivity index (χ4n) is 2.12. The Bertz CT molecular complexity index is 728. The van der Waals surface area contributed by atoms with Crippen molar-refractivity contribution < 1.29 is 0 Å². The second-order valence-electron chi connectivity index (χ2n) is 4.46. The molecular weight excluding hydrogens is 224 g/mol. The number of hydrogen-bond donors (Lipinski definition) is 1. The summed E-state index contributed by atoms with van der Waals surface area (Å²) < 4.78 is 1.79. The molecule has 4 heteroatoms. The van der Waals surface area contributed by atoms with Gasteiger partial charge in [-0.1, -0.05) is 11.6 Å². The fraction of sp³-hybridized carbons (Fsp3) is 0.143. The van der Waals surface area contributed by atoms with Gasteiger partial charge in [0.1, 0.15) is 0 Å². The number of benzene rings is 1. The van der Waals surface area contributed by atoms with Crippen molar-refractivity contribution in [2.45, 2.75) is 6.92 Å². The van der Waals surface area contributed by atoms with E-state index in [-0.39, 0.29) is 0 Å². The predicted octanol–water partition coefficient (Wildman–Crippen LogP) is 2.53. The van der Waals surface area contributed by atoms with E-state index in [9.17, 15) is 0 Å². The highest BCUT2D eigenvalue weighted by molar-refractivity contribution is 5.92. The van der Waals surface area contributed by atoms with Gasteiger partial charge in [-0.25, -0.2) is 4.98 Å². The monoisotopic (exact) mass is 238 g/mol. The number of nitrogens with zero attached hydrogens (tertiary/aromatic N) is 3. The molecule has 0 bridgehead atoms. The molecule has 0 aliphatic heterocycles. The minimum atomic E-state index is 0.750. The van der Waals surface area contributed by atoms with Gasteiger partial charge in [-0.15, -0.1) is 0 Å². The van der Waals surface area contributed by atoms with Gasteiger partial charge in [0, 0.05) is 24.3 Å². The summed E-state index contributed by atoms with van der Waals surface area (Å²) in [5, 5.41) is 5.15. The zero-order chi connectivity index (χ0) is 12.7. The van der Waals surface area contributed by atoms with Crippen molar-refractivity contribution in [3.8, 4) is 11.4 Å². The Labute approximate surface area is 105 Å². The van der Waals surface area contributed by atoms with Gasteiger partial charge in [0.15, 0.2) is 0 Å². The molecule has 0 aliphatic carbocycles. The number of aryl methyl sites for hydroxylation is 2. The maximum atomic E-state index is 6.11. The van der Waals surface area contributed by atoms with Crippen molar-refractivity contribution in [1.29, 1.82) is 0 Å². The van der Waals surface area contributed by atoms with Crippen molar-refractivity contribution in [2.75, 3.05) is 5.73 Å². The Balaban J connectivity index is 2.28. The van der Waals surface area contributed by atoms with E-state index in [1.165, 1.54) is 5.56 Å². The number of nitrogen functional groups attached to an aromatic ring is 1. The SMILES string of the molecule is Cc1ccc2nc(-c3ccnn3C)cc(N)c2c1. The van der Waals surface area contributed by atoms with Crippen LogP contribution in [0, 0.1) is 6.92 Å². The van der Waals surface area contributed by atoms with Crippen LogP contribution in [0.3, 0.4) is 0 Å². The molecule has 18 heavy (non-hydrogen) atoms. The molecule has 1 aromatic carbocycles. The Hall–Kier alpha value is -2.36. The summed E-state index contributed by atoms with van der Waals surface area (Å²) in [6.07, 6.45) is 1.76. The van der Waals surface area contributed by atoms with Crippen LogP contribution in [0.2, 0.25) is 0 Å². The third-order valence-electron chi connectivity index (χ3n) is 3.08. The first-order chi connectivity index (χ1) is 8.65. The molecule has 3 aromatic rings. The number of fused-ring (bicyclic) bond motifs is 1. The smallest absolute Gasteiger partial charge is 0.0911 e. The molecule has 2 N–H and O–H groups in total. The molecule has 4 nitrogen and oxygen atoms in total. The number of rotatable bonds is 1. The molecule has 0 spiro atoms. The third-order valence-corrected chi connectivity index (χ3v) is 3.08. The molecule has 90 valence electrons. The van der Waals surface area contributed by atoms with Gasteiger partial charge >= 0.3 is 0 Å². The zero-order valence-electron chi connectivity index (χ0n) is 10.4. The standard InChI is InChI=1S/C14H14N4/c1-9-3-4-12-10(7-9)11(15)8-13(17-12)14-5-6-16-18(14)2/h3-8H,1-2H3,(H2,15,17). The molecule has 0 amide bonds. The van der Waals surface area contributed by atoms with E-state index in [1.807, 2.05) is 38.2 Å². The van der Waals surface area contributed by atoms with Crippen LogP contribution in [-0.2, 0) is 7.05 Å². The Kier molecular flexibility index (Phi) is 2.30. The summed E-state index contributed by atoms with van der Waals surface area (Å²) in [6, 6.07) is 9.94. The maximum absolute atomic E-state index is 6.11. The number of hydrogen-bond acceptors (Lipinski definition) is 3. The van der Waals surface area contributed by atoms with Crippen LogP contribution in [0.1, 0.15) is 5.56 Å². The first kappa shape index (κ1) is 10.8. The quantitative estimate of drug-likeness (QED) is 0.708. The van der Waals surface area contributed by atoms with Gasteiger partial charge in [0.25, 0.3) is 0 Å². The third kappa shape index (κ3) is 1.62. The van der Waals surface area contributed by atoms with E-state index < -0.39 is 0 Å². The summed E-state index contributed by atoms with van der Waals surface area (Å²) in [6.45, 7) is 2.05. The van der Waals surface area contributed by atoms with Crippen LogP contribution in [0.25, 0.3) is 22.3 Å². The molecule has 0 radical (unpaired) electrons. The molecule has 0 saturated heterocycles. The lowest BCUT2D eigenvalue weighted by Gasteiger charge is -2.07. The van der Waals surface area contributed by atoms with Crippen LogP contribution in [0.5, 0.6) is 0 Å². The second-order valence-corrected chi connectivity index (χ2v) is 4.46. The molecule has 0 atom stereocenters. The van der Waals surface area contributed by atoms with E-state index in [0.717, 1.165) is 28.0 Å². The van der Waals surface area contributed by atoms with Gasteiger partial charge < -0.3 is 5.73 Å². The van der Waals surface area contributed by atoms with E-state index >= 15 is 0 Å². The Morgan fingerprint density at radius 3 is 2.72 bits per heavy atom. The first-order valence-electron chi connectivity index (χ1n) is 5.80. The average Bonchev–Trinajstić information content (AvgIpc) is 2.76. The Morgan fingerprint density at radius 2 is 2.00 bits per heavy atom. The predicted molar refractivity (Wildman–Crippen MR) is 73.1 cm³/mol. The summed E-state index contributed by atoms with van der Waals surface area (Å²) in [5.41, 5.74) is 10.8. The van der Waals surface area contributed by atoms with Crippen molar-refractivity contribution in [3.05, 3.63) is 42.1 Å². The van der Waals surface area contributed by atoms with E-state index in [0.29, 0.717) is 0 Å². The average molecular weight is 238 g/mol. The highest BCUT2D eigenvalue weighted by Gasteiger charge is 2.08. The fourth-order valence-corrected chi connectivity index (χ4v) is 2.12. The van der Waals surface area contributed by atoms with Gasteiger partial charge in [-0.05, 0) is 31.2 Å². The van der Waals surface area contributed by atoms with Gasteiger partial charge in [-0.2, -0.15) is 5.10 Å². The summed E-state index contributed by atoms with van der Waals surface area (Å²) >= 11 is 0. The molecule has 0 saturated carbocycles. The highest BCUT2D eigenvalue weighted by Crippen LogP contribution is 2.26. The maximum Gasteiger partial charge on any atom is 0.0911 e. The number of pyridine rings is 1. The number of anilines is 1. The number of nitrogens with two attached hydrogens (primary N) is 1. The number of aromatic nitrogens is 3. The normalized spacial score (nSPS) is 11.0. The molecule has 2 heterocycles. The minimum absolute atomic E-state index is 0.750. The van der Waals surface area contributed by atoms with Gasteiger partial charge in [-0.3, -0.25) is 4.68 Å². The van der Waals surface area contributed by atoms with Crippen LogP contribution in [-0.4, -0.2) is 14.8 Å². The lowest BCUT2D eigenvalue weighted by Crippen LogP contribution is -1.98. The van der Waals surface area contributed by atoms with Crippen LogP contribution < -0.4 is 5.73 Å². The molecule has 0 fully saturated rings. The molecule has 0 unspecified atom stereocenters. The zero-order valence-corrected chi connectivity index (χ0v) is 10.4. The lowest BCUT2D eigenvalue weighted by molar-refractivity contribution is 0.774. The summed E-state index contributed by atoms with van der Waals surface area (Å²) in [7, 11) is 1.90. The van der Waals surface area contributed by atoms with Gasteiger partial charge in [0.2, 0.25) is 0 Å². The van der Waals surface area contributed by atoms with Crippen molar-refractivity contribution >= 4 is 16.6 Å². The van der Waals surface area contributed by atoms with E-state index in [1.54, 1.807) is 10.9 Å². The molecular formula is C14H14N4. The summed E-state index contributed by atoms with van der Waals surface area (Å²) in [4.78, 5) is 4.64. The largest absolute Gasteiger partial charge is 0.398 e. The topological polar surface area (TPSA) is 56.7 Å². The van der Waals surface area contributed by atoms with E-state index in [2.05, 4.69) is 16.1 Å². The summed E-state index contributed by atoms with van der Waals surface area (Å²) in [5.74, 6) is 0. The first-order valence-corrected chi connectivity index (χ1v) is 5.80. The Morgan fingerprint density at radius 1 is 1.17 bits per heavy atom. The molecule has 2 aromatic heterocycles. The van der Waals surface area contributed by atoms with Crippen LogP contribution in [0.4, 0.5) is 5.69 Å². The van der Waals surface area contributed by atoms with Crippen molar-refractivity contribution in [3.63, 3.8) is 0 Å². The van der Waals surface area contributed by atoms with Gasteiger partial charge in [0.05, 0.1) is 16.9 Å². The lowest BCUT2D eigenvalue weighted by atomic mass is 10.1.